The minimum atomic E-state index is -0.0925. The van der Waals surface area contributed by atoms with Crippen molar-refractivity contribution in [1.29, 1.82) is 0 Å². The largest absolute Gasteiger partial charge is 0.507 e. The maximum atomic E-state index is 10.5. The highest BCUT2D eigenvalue weighted by molar-refractivity contribution is 5.82. The summed E-state index contributed by atoms with van der Waals surface area (Å²) in [6.45, 7) is 6.01. The summed E-state index contributed by atoms with van der Waals surface area (Å²) in [6.07, 6.45) is 2.22. The number of hydrogen-bond acceptors (Lipinski definition) is 3. The second-order valence-electron chi connectivity index (χ2n) is 5.12. The first kappa shape index (κ1) is 15.2. The van der Waals surface area contributed by atoms with Gasteiger partial charge in [-0.25, -0.2) is 0 Å². The predicted octanol–water partition coefficient (Wildman–Crippen LogP) is 4.16. The fourth-order valence-corrected chi connectivity index (χ4v) is 2.91. The lowest BCUT2D eigenvalue weighted by Crippen LogP contribution is -1.97. The number of benzene rings is 2. The van der Waals surface area contributed by atoms with Crippen molar-refractivity contribution in [2.24, 2.45) is 0 Å². The van der Waals surface area contributed by atoms with E-state index in [1.807, 2.05) is 19.1 Å². The third kappa shape index (κ3) is 2.56. The van der Waals surface area contributed by atoms with Crippen molar-refractivity contribution in [3.63, 3.8) is 0 Å². The summed E-state index contributed by atoms with van der Waals surface area (Å²) in [4.78, 5) is 0. The lowest BCUT2D eigenvalue weighted by molar-refractivity contribution is 0.422. The van der Waals surface area contributed by atoms with E-state index in [0.29, 0.717) is 17.5 Å². The molecule has 0 saturated carbocycles. The SMILES string of the molecule is CCc1cccc(-c2c(O)cc(O)c(CC)c2O)c1CC. The Morgan fingerprint density at radius 1 is 0.810 bits per heavy atom. The molecule has 0 aliphatic rings. The Morgan fingerprint density at radius 3 is 2.05 bits per heavy atom. The van der Waals surface area contributed by atoms with Gasteiger partial charge >= 0.3 is 0 Å². The second kappa shape index (κ2) is 6.08. The molecule has 0 saturated heterocycles. The summed E-state index contributed by atoms with van der Waals surface area (Å²) in [5.74, 6) is -0.191. The van der Waals surface area contributed by atoms with Gasteiger partial charge in [0.05, 0.1) is 5.56 Å². The lowest BCUT2D eigenvalue weighted by atomic mass is 9.90. The van der Waals surface area contributed by atoms with Gasteiger partial charge in [-0.3, -0.25) is 0 Å². The molecule has 3 N–H and O–H groups in total. The van der Waals surface area contributed by atoms with Crippen LogP contribution in [0.1, 0.15) is 37.5 Å². The quantitative estimate of drug-likeness (QED) is 0.791. The average molecular weight is 286 g/mol. The van der Waals surface area contributed by atoms with Crippen molar-refractivity contribution in [2.75, 3.05) is 0 Å². The van der Waals surface area contributed by atoms with E-state index in [1.165, 1.54) is 11.6 Å². The summed E-state index contributed by atoms with van der Waals surface area (Å²) in [7, 11) is 0. The van der Waals surface area contributed by atoms with E-state index >= 15 is 0 Å². The van der Waals surface area contributed by atoms with Gasteiger partial charge in [0.15, 0.2) is 0 Å². The molecule has 0 aliphatic heterocycles. The first-order valence-electron chi connectivity index (χ1n) is 7.42. The highest BCUT2D eigenvalue weighted by atomic mass is 16.3. The molecule has 0 unspecified atom stereocenters. The van der Waals surface area contributed by atoms with E-state index in [9.17, 15) is 15.3 Å². The van der Waals surface area contributed by atoms with E-state index in [2.05, 4.69) is 19.9 Å². The maximum Gasteiger partial charge on any atom is 0.134 e. The van der Waals surface area contributed by atoms with Gasteiger partial charge in [-0.05, 0) is 36.0 Å². The summed E-state index contributed by atoms with van der Waals surface area (Å²) >= 11 is 0. The molecule has 0 atom stereocenters. The molecule has 2 aromatic rings. The molecular formula is C18H22O3. The number of hydrogen-bond donors (Lipinski definition) is 3. The molecule has 0 fully saturated rings. The van der Waals surface area contributed by atoms with Crippen LogP contribution in [0.5, 0.6) is 17.2 Å². The number of aromatic hydroxyl groups is 3. The molecule has 0 spiro atoms. The molecule has 0 amide bonds. The lowest BCUT2D eigenvalue weighted by Gasteiger charge is -2.17. The molecule has 0 radical (unpaired) electrons. The fraction of sp³-hybridized carbons (Fsp3) is 0.333. The molecule has 3 nitrogen and oxygen atoms in total. The Balaban J connectivity index is 2.79. The predicted molar refractivity (Wildman–Crippen MR) is 85.0 cm³/mol. The normalized spacial score (nSPS) is 10.8. The van der Waals surface area contributed by atoms with Crippen LogP contribution in [0.15, 0.2) is 24.3 Å². The van der Waals surface area contributed by atoms with Gasteiger partial charge < -0.3 is 15.3 Å². The minimum Gasteiger partial charge on any atom is -0.507 e. The molecule has 0 aromatic heterocycles. The Kier molecular flexibility index (Phi) is 4.41. The molecular weight excluding hydrogens is 264 g/mol. The van der Waals surface area contributed by atoms with Crippen LogP contribution in [0.25, 0.3) is 11.1 Å². The van der Waals surface area contributed by atoms with Crippen LogP contribution in [0, 0.1) is 0 Å². The Bertz CT molecular complexity index is 660. The molecule has 0 bridgehead atoms. The summed E-state index contributed by atoms with van der Waals surface area (Å²) in [5.41, 5.74) is 4.04. The van der Waals surface area contributed by atoms with Gasteiger partial charge in [0.2, 0.25) is 0 Å². The molecule has 112 valence electrons. The van der Waals surface area contributed by atoms with Gasteiger partial charge in [-0.15, -0.1) is 0 Å². The Labute approximate surface area is 125 Å². The number of phenols is 3. The maximum absolute atomic E-state index is 10.5. The second-order valence-corrected chi connectivity index (χ2v) is 5.12. The molecule has 2 aromatic carbocycles. The van der Waals surface area contributed by atoms with Crippen molar-refractivity contribution < 1.29 is 15.3 Å². The minimum absolute atomic E-state index is 0.0297. The van der Waals surface area contributed by atoms with Crippen LogP contribution >= 0.6 is 0 Å². The van der Waals surface area contributed by atoms with Crippen molar-refractivity contribution in [3.8, 4) is 28.4 Å². The van der Waals surface area contributed by atoms with E-state index in [0.717, 1.165) is 24.0 Å². The van der Waals surface area contributed by atoms with Crippen molar-refractivity contribution in [1.82, 2.24) is 0 Å². The Hall–Kier alpha value is -2.16. The van der Waals surface area contributed by atoms with Crippen LogP contribution in [-0.4, -0.2) is 15.3 Å². The van der Waals surface area contributed by atoms with E-state index < -0.39 is 0 Å². The van der Waals surface area contributed by atoms with Crippen molar-refractivity contribution >= 4 is 0 Å². The topological polar surface area (TPSA) is 60.7 Å². The summed E-state index contributed by atoms with van der Waals surface area (Å²) < 4.78 is 0. The van der Waals surface area contributed by atoms with Crippen LogP contribution in [-0.2, 0) is 19.3 Å². The molecule has 21 heavy (non-hydrogen) atoms. The standard InChI is InChI=1S/C18H22O3/c1-4-11-8-7-9-14(12(11)5-2)17-16(20)10-15(19)13(6-3)18(17)21/h7-10,19-21H,4-6H2,1-3H3. The van der Waals surface area contributed by atoms with E-state index in [1.54, 1.807) is 0 Å². The zero-order chi connectivity index (χ0) is 15.6. The first-order chi connectivity index (χ1) is 10.0. The summed E-state index contributed by atoms with van der Waals surface area (Å²) in [5, 5.41) is 30.5. The monoisotopic (exact) mass is 286 g/mol. The number of aryl methyl sites for hydroxylation is 1. The van der Waals surface area contributed by atoms with Crippen molar-refractivity contribution in [2.45, 2.75) is 40.0 Å². The third-order valence-electron chi connectivity index (χ3n) is 3.99. The van der Waals surface area contributed by atoms with Gasteiger partial charge in [0.25, 0.3) is 0 Å². The highest BCUT2D eigenvalue weighted by Crippen LogP contribution is 2.45. The van der Waals surface area contributed by atoms with E-state index in [4.69, 9.17) is 0 Å². The molecule has 2 rings (SSSR count). The van der Waals surface area contributed by atoms with Gasteiger partial charge in [0, 0.05) is 11.6 Å². The molecule has 0 heterocycles. The first-order valence-corrected chi connectivity index (χ1v) is 7.42. The smallest absolute Gasteiger partial charge is 0.134 e. The van der Waals surface area contributed by atoms with Crippen LogP contribution in [0.2, 0.25) is 0 Å². The molecule has 0 aliphatic carbocycles. The summed E-state index contributed by atoms with van der Waals surface area (Å²) in [6, 6.07) is 7.22. The zero-order valence-corrected chi connectivity index (χ0v) is 12.8. The van der Waals surface area contributed by atoms with Gasteiger partial charge in [-0.2, -0.15) is 0 Å². The van der Waals surface area contributed by atoms with Crippen LogP contribution < -0.4 is 0 Å². The third-order valence-corrected chi connectivity index (χ3v) is 3.99. The fourth-order valence-electron chi connectivity index (χ4n) is 2.91. The highest BCUT2D eigenvalue weighted by Gasteiger charge is 2.20. The average Bonchev–Trinajstić information content (AvgIpc) is 2.46. The van der Waals surface area contributed by atoms with Crippen LogP contribution in [0.3, 0.4) is 0 Å². The zero-order valence-electron chi connectivity index (χ0n) is 12.8. The number of rotatable bonds is 4. The van der Waals surface area contributed by atoms with Gasteiger partial charge in [-0.1, -0.05) is 39.0 Å². The molecule has 3 heteroatoms. The van der Waals surface area contributed by atoms with Crippen LogP contribution in [0.4, 0.5) is 0 Å². The van der Waals surface area contributed by atoms with E-state index in [-0.39, 0.29) is 17.2 Å². The van der Waals surface area contributed by atoms with Crippen molar-refractivity contribution in [3.05, 3.63) is 41.0 Å². The number of phenolic OH excluding ortho intramolecular Hbond substituents is 3. The Morgan fingerprint density at radius 2 is 1.48 bits per heavy atom. The van der Waals surface area contributed by atoms with Gasteiger partial charge in [0.1, 0.15) is 17.2 Å².